The van der Waals surface area contributed by atoms with E-state index < -0.39 is 0 Å². The third-order valence-corrected chi connectivity index (χ3v) is 0. The minimum absolute atomic E-state index is 0.123. The van der Waals surface area contributed by atoms with Crippen molar-refractivity contribution >= 4 is 24.7 Å². The topological polar surface area (TPSA) is 43.1 Å². The van der Waals surface area contributed by atoms with Crippen molar-refractivity contribution in [2.24, 2.45) is 0 Å². The summed E-state index contributed by atoms with van der Waals surface area (Å²) in [6.45, 7) is 0. The molecule has 0 unspecified atom stereocenters. The van der Waals surface area contributed by atoms with Crippen molar-refractivity contribution < 1.29 is 2.91 Å². The predicted octanol–water partition coefficient (Wildman–Crippen LogP) is -0.653. The standard InChI is InChI=1S/In.NO2/c;2-1-3. The second-order valence-corrected chi connectivity index (χ2v) is 1.49. The number of hydrogen-bond donors (Lipinski definition) is 0. The fourth-order valence-electron chi connectivity index (χ4n) is 0. The Hall–Kier alpha value is 0.270. The van der Waals surface area contributed by atoms with Gasteiger partial charge in [-0.1, -0.05) is 0 Å². The van der Waals surface area contributed by atoms with Gasteiger partial charge in [-0.15, -0.1) is 0 Å². The SMILES string of the molecule is O=[N+]([O-])[In]. The van der Waals surface area contributed by atoms with Crippen LogP contribution < -0.4 is 0 Å². The maximum absolute atomic E-state index is 8.86. The third kappa shape index (κ3) is 50.2. The zero-order valence-electron chi connectivity index (χ0n) is 1.84. The van der Waals surface area contributed by atoms with Gasteiger partial charge in [0, 0.05) is 0 Å². The summed E-state index contributed by atoms with van der Waals surface area (Å²) < 4.78 is -0.370. The van der Waals surface area contributed by atoms with Crippen LogP contribution in [-0.4, -0.2) is 27.6 Å². The van der Waals surface area contributed by atoms with E-state index in [-0.39, 0.29) is 27.6 Å². The quantitative estimate of drug-likeness (QED) is 0.349. The van der Waals surface area contributed by atoms with Gasteiger partial charge in [0.25, 0.3) is 0 Å². The van der Waals surface area contributed by atoms with Crippen LogP contribution in [0.5, 0.6) is 0 Å². The van der Waals surface area contributed by atoms with E-state index in [1.165, 1.54) is 0 Å². The monoisotopic (exact) mass is 161 g/mol. The first-order chi connectivity index (χ1) is 1.73. The molecule has 0 saturated carbocycles. The van der Waals surface area contributed by atoms with Gasteiger partial charge < -0.3 is 0 Å². The summed E-state index contributed by atoms with van der Waals surface area (Å²) in [6.07, 6.45) is 0. The fourth-order valence-corrected chi connectivity index (χ4v) is 0. The fraction of sp³-hybridized carbons (Fsp3) is 0. The molecule has 0 N–H and O–H groups in total. The zero-order valence-corrected chi connectivity index (χ0v) is 5.14. The summed E-state index contributed by atoms with van der Waals surface area (Å²) >= 11 is 0.123. The van der Waals surface area contributed by atoms with E-state index in [4.69, 9.17) is 10.1 Å². The van der Waals surface area contributed by atoms with Crippen molar-refractivity contribution in [1.29, 1.82) is 0 Å². The van der Waals surface area contributed by atoms with E-state index in [9.17, 15) is 0 Å². The molecule has 0 aromatic heterocycles. The third-order valence-electron chi connectivity index (χ3n) is 0. The number of nitrogens with zero attached hydrogens (tertiary/aromatic N) is 1. The van der Waals surface area contributed by atoms with Gasteiger partial charge in [-0.25, -0.2) is 0 Å². The van der Waals surface area contributed by atoms with Crippen LogP contribution in [-0.2, 0) is 0 Å². The van der Waals surface area contributed by atoms with E-state index in [2.05, 4.69) is 0 Å². The molecule has 0 aromatic carbocycles. The van der Waals surface area contributed by atoms with Crippen molar-refractivity contribution in [3.63, 3.8) is 0 Å². The molecule has 0 aliphatic carbocycles. The first-order valence-electron chi connectivity index (χ1n) is 0.623. The van der Waals surface area contributed by atoms with Crippen molar-refractivity contribution in [1.82, 2.24) is 0 Å². The summed E-state index contributed by atoms with van der Waals surface area (Å²) in [4.78, 5) is 8.86. The molecular weight excluding hydrogens is 161 g/mol. The van der Waals surface area contributed by atoms with Crippen molar-refractivity contribution in [3.8, 4) is 0 Å². The molecule has 0 amide bonds. The van der Waals surface area contributed by atoms with Crippen LogP contribution in [0.4, 0.5) is 0 Å². The molecule has 0 heterocycles. The number of hydrogen-bond acceptors (Lipinski definition) is 2. The molecule has 4 heteroatoms. The summed E-state index contributed by atoms with van der Waals surface area (Å²) in [6, 6.07) is 0. The number of rotatable bonds is 0. The molecule has 2 radical (unpaired) electrons. The predicted molar refractivity (Wildman–Crippen MR) is 12.7 cm³/mol. The molecule has 3 nitrogen and oxygen atoms in total. The van der Waals surface area contributed by atoms with Gasteiger partial charge in [-0.2, -0.15) is 0 Å². The average Bonchev–Trinajstić information content (AvgIpc) is 0.811. The Labute approximate surface area is 38.1 Å². The molecule has 0 fully saturated rings. The summed E-state index contributed by atoms with van der Waals surface area (Å²) in [5.74, 6) is 0. The van der Waals surface area contributed by atoms with Crippen LogP contribution in [0.1, 0.15) is 0 Å². The molecule has 0 aliphatic rings. The number of nitro groups is 1. The van der Waals surface area contributed by atoms with Gasteiger partial charge in [0.05, 0.1) is 0 Å². The molecule has 20 valence electrons. The average molecular weight is 161 g/mol. The summed E-state index contributed by atoms with van der Waals surface area (Å²) in [5.41, 5.74) is 0. The van der Waals surface area contributed by atoms with Crippen LogP contribution in [0.3, 0.4) is 0 Å². The second-order valence-electron chi connectivity index (χ2n) is 0.285. The first-order valence-corrected chi connectivity index (χ1v) is 2.10. The Morgan fingerprint density at radius 2 is 2.00 bits per heavy atom. The molecule has 0 atom stereocenters. The zero-order chi connectivity index (χ0) is 3.58. The Morgan fingerprint density at radius 3 is 2.00 bits per heavy atom. The van der Waals surface area contributed by atoms with Gasteiger partial charge in [0.1, 0.15) is 0 Å². The van der Waals surface area contributed by atoms with E-state index in [0.717, 1.165) is 0 Å². The molecule has 0 rings (SSSR count). The van der Waals surface area contributed by atoms with E-state index in [0.29, 0.717) is 0 Å². The van der Waals surface area contributed by atoms with Gasteiger partial charge in [-0.05, 0) is 0 Å². The maximum atomic E-state index is 8.86. The van der Waals surface area contributed by atoms with Gasteiger partial charge in [-0.3, -0.25) is 0 Å². The van der Waals surface area contributed by atoms with E-state index >= 15 is 0 Å². The van der Waals surface area contributed by atoms with Crippen LogP contribution in [0.25, 0.3) is 0 Å². The van der Waals surface area contributed by atoms with E-state index in [1.54, 1.807) is 0 Å². The molecule has 0 aliphatic heterocycles. The molecule has 0 saturated heterocycles. The van der Waals surface area contributed by atoms with Crippen LogP contribution in [0.2, 0.25) is 0 Å². The van der Waals surface area contributed by atoms with E-state index in [1.807, 2.05) is 0 Å². The van der Waals surface area contributed by atoms with Crippen LogP contribution in [0.15, 0.2) is 0 Å². The van der Waals surface area contributed by atoms with Gasteiger partial charge >= 0.3 is 37.7 Å². The Morgan fingerprint density at radius 1 is 2.00 bits per heavy atom. The minimum atomic E-state index is -0.370. The van der Waals surface area contributed by atoms with Gasteiger partial charge in [0.2, 0.25) is 0 Å². The van der Waals surface area contributed by atoms with Crippen molar-refractivity contribution in [2.45, 2.75) is 0 Å². The molecule has 4 heavy (non-hydrogen) atoms. The Kier molecular flexibility index (Phi) is 1.68. The van der Waals surface area contributed by atoms with Gasteiger partial charge in [0.15, 0.2) is 0 Å². The second kappa shape index (κ2) is 1.58. The van der Waals surface area contributed by atoms with Crippen LogP contribution >= 0.6 is 0 Å². The Balaban J connectivity index is 2.80. The molecule has 0 aromatic rings. The van der Waals surface area contributed by atoms with Crippen molar-refractivity contribution in [3.05, 3.63) is 10.1 Å². The molecule has 0 bridgehead atoms. The normalized spacial score (nSPS) is 6.00. The summed E-state index contributed by atoms with van der Waals surface area (Å²) in [7, 11) is 0. The van der Waals surface area contributed by atoms with Crippen LogP contribution in [0, 0.1) is 10.1 Å². The Bertz CT molecular complexity index is 29.0. The molecular formula is InNO2. The molecule has 0 spiro atoms. The van der Waals surface area contributed by atoms with Crippen molar-refractivity contribution in [2.75, 3.05) is 0 Å². The first kappa shape index (κ1) is 4.27. The summed E-state index contributed by atoms with van der Waals surface area (Å²) in [5, 5.41) is 8.86.